The van der Waals surface area contributed by atoms with E-state index in [1.165, 1.54) is 5.01 Å². The Morgan fingerprint density at radius 3 is 2.40 bits per heavy atom. The summed E-state index contributed by atoms with van der Waals surface area (Å²) in [5.41, 5.74) is 4.08. The molecule has 0 aliphatic carbocycles. The Hall–Kier alpha value is -1.85. The van der Waals surface area contributed by atoms with Crippen LogP contribution in [-0.2, 0) is 4.79 Å². The molecule has 4 nitrogen and oxygen atoms in total. The van der Waals surface area contributed by atoms with Crippen molar-refractivity contribution in [2.75, 3.05) is 24.9 Å². The highest BCUT2D eigenvalue weighted by atomic mass is 79.9. The molecule has 0 bridgehead atoms. The summed E-state index contributed by atoms with van der Waals surface area (Å²) in [5.74, 6) is -0.265. The number of hydrogen-bond acceptors (Lipinski definition) is 3. The number of carbonyl (C=O) groups excluding carboxylic acids is 1. The first kappa shape index (κ1) is 18.0. The topological polar surface area (TPSA) is 35.9 Å². The molecular weight excluding hydrogens is 402 g/mol. The lowest BCUT2D eigenvalue weighted by molar-refractivity contribution is -0.130. The van der Waals surface area contributed by atoms with Crippen molar-refractivity contribution in [3.05, 3.63) is 64.1 Å². The Bertz CT molecular complexity index is 787. The number of carbonyl (C=O) groups is 1. The molecule has 0 aromatic heterocycles. The lowest BCUT2D eigenvalue weighted by Crippen LogP contribution is -2.28. The molecule has 0 N–H and O–H groups in total. The molecule has 25 heavy (non-hydrogen) atoms. The van der Waals surface area contributed by atoms with Gasteiger partial charge in [-0.3, -0.25) is 4.79 Å². The fourth-order valence-electron chi connectivity index (χ4n) is 2.87. The zero-order valence-electron chi connectivity index (χ0n) is 14.1. The highest BCUT2D eigenvalue weighted by Gasteiger charge is 2.32. The minimum Gasteiger partial charge on any atom is -0.378 e. The van der Waals surface area contributed by atoms with Gasteiger partial charge in [-0.25, -0.2) is 5.01 Å². The smallest absolute Gasteiger partial charge is 0.258 e. The van der Waals surface area contributed by atoms with E-state index < -0.39 is 0 Å². The van der Waals surface area contributed by atoms with Crippen molar-refractivity contribution in [3.63, 3.8) is 0 Å². The van der Waals surface area contributed by atoms with Gasteiger partial charge in [-0.15, -0.1) is 11.6 Å². The third-order valence-corrected chi connectivity index (χ3v) is 5.01. The molecule has 1 amide bonds. The predicted octanol–water partition coefficient (Wildman–Crippen LogP) is 4.43. The number of rotatable bonds is 4. The van der Waals surface area contributed by atoms with Crippen LogP contribution in [0.15, 0.2) is 58.1 Å². The maximum atomic E-state index is 12.3. The third-order valence-electron chi connectivity index (χ3n) is 4.25. The van der Waals surface area contributed by atoms with Gasteiger partial charge in [-0.05, 0) is 35.4 Å². The van der Waals surface area contributed by atoms with Crippen molar-refractivity contribution in [1.82, 2.24) is 5.01 Å². The van der Waals surface area contributed by atoms with E-state index in [1.54, 1.807) is 0 Å². The van der Waals surface area contributed by atoms with Gasteiger partial charge in [0, 0.05) is 30.7 Å². The van der Waals surface area contributed by atoms with Gasteiger partial charge in [0.15, 0.2) is 0 Å². The summed E-state index contributed by atoms with van der Waals surface area (Å²) in [6.07, 6.45) is 0.672. The number of halogens is 2. The van der Waals surface area contributed by atoms with E-state index in [2.05, 4.69) is 45.3 Å². The van der Waals surface area contributed by atoms with Crippen molar-refractivity contribution in [1.29, 1.82) is 0 Å². The van der Waals surface area contributed by atoms with Crippen molar-refractivity contribution in [2.24, 2.45) is 5.10 Å². The highest BCUT2D eigenvalue weighted by Crippen LogP contribution is 2.34. The number of amides is 1. The Balaban J connectivity index is 1.91. The molecule has 1 unspecified atom stereocenters. The number of nitrogens with zero attached hydrogens (tertiary/aromatic N) is 3. The first-order valence-corrected chi connectivity index (χ1v) is 9.31. The van der Waals surface area contributed by atoms with E-state index >= 15 is 0 Å². The van der Waals surface area contributed by atoms with Crippen molar-refractivity contribution in [3.8, 4) is 0 Å². The van der Waals surface area contributed by atoms with Gasteiger partial charge in [-0.1, -0.05) is 40.2 Å². The Morgan fingerprint density at radius 1 is 1.20 bits per heavy atom. The first-order valence-electron chi connectivity index (χ1n) is 7.98. The molecule has 1 atom stereocenters. The number of anilines is 1. The van der Waals surface area contributed by atoms with Gasteiger partial charge in [0.05, 0.1) is 11.8 Å². The average Bonchev–Trinajstić information content (AvgIpc) is 3.07. The molecule has 3 rings (SSSR count). The highest BCUT2D eigenvalue weighted by molar-refractivity contribution is 9.10. The minimum absolute atomic E-state index is 0.0800. The number of hydrogen-bond donors (Lipinski definition) is 0. The number of benzene rings is 2. The minimum atomic E-state index is -0.185. The summed E-state index contributed by atoms with van der Waals surface area (Å²) in [4.78, 5) is 14.3. The molecule has 1 aliphatic heterocycles. The van der Waals surface area contributed by atoms with Crippen LogP contribution < -0.4 is 4.90 Å². The fraction of sp³-hybridized carbons (Fsp3) is 0.263. The van der Waals surface area contributed by atoms with Crippen molar-refractivity contribution >= 4 is 44.8 Å². The maximum absolute atomic E-state index is 12.3. The SMILES string of the molecule is CN(C)c1ccc(C2CC(c3ccc(Br)cc3)=NN2C(=O)CCl)cc1. The Labute approximate surface area is 161 Å². The molecule has 2 aromatic carbocycles. The average molecular weight is 421 g/mol. The zero-order valence-corrected chi connectivity index (χ0v) is 16.5. The van der Waals surface area contributed by atoms with Crippen LogP contribution in [0, 0.1) is 0 Å². The second-order valence-electron chi connectivity index (χ2n) is 6.13. The summed E-state index contributed by atoms with van der Waals surface area (Å²) in [5, 5.41) is 6.09. The predicted molar refractivity (Wildman–Crippen MR) is 106 cm³/mol. The molecule has 130 valence electrons. The number of alkyl halides is 1. The molecule has 2 aromatic rings. The second-order valence-corrected chi connectivity index (χ2v) is 7.31. The summed E-state index contributed by atoms with van der Waals surface area (Å²) in [6.45, 7) is 0. The van der Waals surface area contributed by atoms with E-state index in [1.807, 2.05) is 43.3 Å². The van der Waals surface area contributed by atoms with Crippen LogP contribution in [0.3, 0.4) is 0 Å². The summed E-state index contributed by atoms with van der Waals surface area (Å²) in [7, 11) is 4.01. The van der Waals surface area contributed by atoms with E-state index in [9.17, 15) is 4.79 Å². The molecular formula is C19H19BrClN3O. The quantitative estimate of drug-likeness (QED) is 0.686. The Kier molecular flexibility index (Phi) is 5.45. The van der Waals surface area contributed by atoms with Gasteiger partial charge >= 0.3 is 0 Å². The standard InChI is InChI=1S/C19H19BrClN3O/c1-23(2)16-9-5-14(6-10-16)18-11-17(22-24(18)19(25)12-21)13-3-7-15(20)8-4-13/h3-10,18H,11-12H2,1-2H3. The summed E-state index contributed by atoms with van der Waals surface area (Å²) >= 11 is 9.23. The van der Waals surface area contributed by atoms with E-state index in [4.69, 9.17) is 11.6 Å². The lowest BCUT2D eigenvalue weighted by Gasteiger charge is -2.22. The van der Waals surface area contributed by atoms with Crippen LogP contribution in [0.25, 0.3) is 0 Å². The van der Waals surface area contributed by atoms with E-state index in [-0.39, 0.29) is 17.8 Å². The monoisotopic (exact) mass is 419 g/mol. The van der Waals surface area contributed by atoms with Crippen LogP contribution in [0.2, 0.25) is 0 Å². The largest absolute Gasteiger partial charge is 0.378 e. The molecule has 0 fully saturated rings. The molecule has 1 heterocycles. The van der Waals surface area contributed by atoms with Crippen LogP contribution in [0.1, 0.15) is 23.6 Å². The van der Waals surface area contributed by atoms with Crippen LogP contribution in [-0.4, -0.2) is 36.6 Å². The molecule has 0 saturated carbocycles. The molecule has 0 spiro atoms. The Morgan fingerprint density at radius 2 is 1.84 bits per heavy atom. The normalized spacial score (nSPS) is 16.7. The van der Waals surface area contributed by atoms with Crippen molar-refractivity contribution < 1.29 is 4.79 Å². The van der Waals surface area contributed by atoms with Crippen LogP contribution >= 0.6 is 27.5 Å². The third kappa shape index (κ3) is 3.88. The molecule has 6 heteroatoms. The van der Waals surface area contributed by atoms with Gasteiger partial charge in [0.1, 0.15) is 5.88 Å². The van der Waals surface area contributed by atoms with Gasteiger partial charge in [0.2, 0.25) is 0 Å². The summed E-state index contributed by atoms with van der Waals surface area (Å²) < 4.78 is 1.01. The summed E-state index contributed by atoms with van der Waals surface area (Å²) in [6, 6.07) is 16.0. The molecule has 0 saturated heterocycles. The van der Waals surface area contributed by atoms with Gasteiger partial charge in [-0.2, -0.15) is 5.10 Å². The van der Waals surface area contributed by atoms with E-state index in [0.717, 1.165) is 27.0 Å². The fourth-order valence-corrected chi connectivity index (χ4v) is 3.26. The van der Waals surface area contributed by atoms with Crippen LogP contribution in [0.4, 0.5) is 5.69 Å². The van der Waals surface area contributed by atoms with Gasteiger partial charge in [0.25, 0.3) is 5.91 Å². The lowest BCUT2D eigenvalue weighted by atomic mass is 9.98. The number of hydrazone groups is 1. The van der Waals surface area contributed by atoms with Gasteiger partial charge < -0.3 is 4.90 Å². The maximum Gasteiger partial charge on any atom is 0.258 e. The first-order chi connectivity index (χ1) is 12.0. The van der Waals surface area contributed by atoms with Crippen molar-refractivity contribution in [2.45, 2.75) is 12.5 Å². The second kappa shape index (κ2) is 7.58. The molecule has 1 aliphatic rings. The zero-order chi connectivity index (χ0) is 18.0. The van der Waals surface area contributed by atoms with E-state index in [0.29, 0.717) is 6.42 Å². The molecule has 0 radical (unpaired) electrons. The van der Waals surface area contributed by atoms with Crippen LogP contribution in [0.5, 0.6) is 0 Å².